The van der Waals surface area contributed by atoms with Crippen LogP contribution in [-0.2, 0) is 27.8 Å². The Kier molecular flexibility index (Phi) is 3.11. The van der Waals surface area contributed by atoms with E-state index in [9.17, 15) is 8.42 Å². The molecule has 0 N–H and O–H groups in total. The van der Waals surface area contributed by atoms with Crippen LogP contribution in [0.2, 0.25) is 0 Å². The first-order valence-electron chi connectivity index (χ1n) is 3.93. The first kappa shape index (κ1) is 10.3. The van der Waals surface area contributed by atoms with Crippen LogP contribution in [0.4, 0.5) is 0 Å². The maximum Gasteiger partial charge on any atom is 0.264 e. The van der Waals surface area contributed by atoms with Gasteiger partial charge in [0.25, 0.3) is 10.1 Å². The third-order valence-corrected chi connectivity index (χ3v) is 2.30. The molecule has 0 spiro atoms. The molecule has 0 radical (unpaired) electrons. The van der Waals surface area contributed by atoms with Crippen LogP contribution in [0.15, 0.2) is 18.3 Å². The fourth-order valence-corrected chi connectivity index (χ4v) is 1.44. The van der Waals surface area contributed by atoms with E-state index in [4.69, 9.17) is 0 Å². The van der Waals surface area contributed by atoms with Gasteiger partial charge in [-0.2, -0.15) is 8.42 Å². The van der Waals surface area contributed by atoms with E-state index in [2.05, 4.69) is 4.18 Å². The number of hydrogen-bond donors (Lipinski definition) is 0. The average Bonchev–Trinajstić information content (AvgIpc) is 2.34. The lowest BCUT2D eigenvalue weighted by Crippen LogP contribution is -2.07. The van der Waals surface area contributed by atoms with Crippen molar-refractivity contribution in [1.29, 1.82) is 0 Å². The molecule has 0 aliphatic rings. The Balaban J connectivity index is 2.41. The molecular formula is C8H13NO3S. The van der Waals surface area contributed by atoms with Gasteiger partial charge in [0.2, 0.25) is 0 Å². The van der Waals surface area contributed by atoms with Crippen molar-refractivity contribution >= 4 is 10.1 Å². The zero-order chi connectivity index (χ0) is 9.90. The predicted octanol–water partition coefficient (Wildman–Crippen LogP) is 0.544. The quantitative estimate of drug-likeness (QED) is 0.671. The fraction of sp³-hybridized carbons (Fsp3) is 0.500. The van der Waals surface area contributed by atoms with Gasteiger partial charge in [0, 0.05) is 25.4 Å². The van der Waals surface area contributed by atoms with Gasteiger partial charge >= 0.3 is 0 Å². The molecule has 0 saturated heterocycles. The zero-order valence-electron chi connectivity index (χ0n) is 7.73. The monoisotopic (exact) mass is 203 g/mol. The van der Waals surface area contributed by atoms with Crippen LogP contribution >= 0.6 is 0 Å². The summed E-state index contributed by atoms with van der Waals surface area (Å²) in [5.74, 6) is 0. The molecule has 1 heterocycles. The minimum atomic E-state index is -3.30. The van der Waals surface area contributed by atoms with Gasteiger partial charge in [-0.3, -0.25) is 4.18 Å². The second-order valence-corrected chi connectivity index (χ2v) is 4.53. The second kappa shape index (κ2) is 3.93. The minimum absolute atomic E-state index is 0.205. The molecule has 0 unspecified atom stereocenters. The van der Waals surface area contributed by atoms with Gasteiger partial charge in [0.1, 0.15) is 0 Å². The molecule has 5 heteroatoms. The number of hydrogen-bond acceptors (Lipinski definition) is 3. The Morgan fingerprint density at radius 1 is 1.54 bits per heavy atom. The van der Waals surface area contributed by atoms with E-state index in [1.807, 2.05) is 29.9 Å². The SMILES string of the molecule is Cn1cccc1CCOS(C)(=O)=O. The summed E-state index contributed by atoms with van der Waals surface area (Å²) in [6.07, 6.45) is 3.57. The first-order valence-corrected chi connectivity index (χ1v) is 5.75. The lowest BCUT2D eigenvalue weighted by Gasteiger charge is -2.02. The van der Waals surface area contributed by atoms with Crippen LogP contribution in [0.25, 0.3) is 0 Å². The van der Waals surface area contributed by atoms with Crippen molar-refractivity contribution in [2.24, 2.45) is 7.05 Å². The van der Waals surface area contributed by atoms with E-state index in [1.165, 1.54) is 0 Å². The Labute approximate surface area is 78.3 Å². The Hall–Kier alpha value is -0.810. The molecular weight excluding hydrogens is 190 g/mol. The van der Waals surface area contributed by atoms with Gasteiger partial charge in [0.15, 0.2) is 0 Å². The van der Waals surface area contributed by atoms with E-state index in [1.54, 1.807) is 0 Å². The predicted molar refractivity (Wildman–Crippen MR) is 49.9 cm³/mol. The molecule has 0 aliphatic carbocycles. The van der Waals surface area contributed by atoms with Crippen LogP contribution in [0.5, 0.6) is 0 Å². The van der Waals surface area contributed by atoms with Crippen LogP contribution in [-0.4, -0.2) is 25.8 Å². The van der Waals surface area contributed by atoms with E-state index in [0.29, 0.717) is 6.42 Å². The van der Waals surface area contributed by atoms with E-state index in [0.717, 1.165) is 11.9 Å². The van der Waals surface area contributed by atoms with Crippen molar-refractivity contribution in [3.05, 3.63) is 24.0 Å². The van der Waals surface area contributed by atoms with E-state index in [-0.39, 0.29) is 6.61 Å². The number of aromatic nitrogens is 1. The minimum Gasteiger partial charge on any atom is -0.354 e. The largest absolute Gasteiger partial charge is 0.354 e. The summed E-state index contributed by atoms with van der Waals surface area (Å²) < 4.78 is 27.8. The van der Waals surface area contributed by atoms with E-state index >= 15 is 0 Å². The third-order valence-electron chi connectivity index (χ3n) is 1.71. The molecule has 13 heavy (non-hydrogen) atoms. The lowest BCUT2D eigenvalue weighted by atomic mass is 10.3. The zero-order valence-corrected chi connectivity index (χ0v) is 8.54. The lowest BCUT2D eigenvalue weighted by molar-refractivity contribution is 0.323. The molecule has 0 bridgehead atoms. The van der Waals surface area contributed by atoms with Gasteiger partial charge in [-0.25, -0.2) is 0 Å². The molecule has 4 nitrogen and oxygen atoms in total. The van der Waals surface area contributed by atoms with Crippen molar-refractivity contribution < 1.29 is 12.6 Å². The number of nitrogens with zero attached hydrogens (tertiary/aromatic N) is 1. The Morgan fingerprint density at radius 3 is 2.69 bits per heavy atom. The van der Waals surface area contributed by atoms with Crippen LogP contribution in [0.3, 0.4) is 0 Å². The van der Waals surface area contributed by atoms with Gasteiger partial charge in [-0.05, 0) is 12.1 Å². The van der Waals surface area contributed by atoms with Crippen molar-refractivity contribution in [3.8, 4) is 0 Å². The smallest absolute Gasteiger partial charge is 0.264 e. The van der Waals surface area contributed by atoms with Crippen molar-refractivity contribution in [2.45, 2.75) is 6.42 Å². The molecule has 0 amide bonds. The van der Waals surface area contributed by atoms with Gasteiger partial charge in [0.05, 0.1) is 12.9 Å². The number of rotatable bonds is 4. The Bertz CT molecular complexity index is 366. The van der Waals surface area contributed by atoms with Gasteiger partial charge in [-0.1, -0.05) is 0 Å². The normalized spacial score (nSPS) is 11.8. The summed E-state index contributed by atoms with van der Waals surface area (Å²) >= 11 is 0. The molecule has 0 fully saturated rings. The molecule has 1 rings (SSSR count). The Morgan fingerprint density at radius 2 is 2.23 bits per heavy atom. The summed E-state index contributed by atoms with van der Waals surface area (Å²) in [4.78, 5) is 0. The molecule has 1 aromatic rings. The summed E-state index contributed by atoms with van der Waals surface area (Å²) in [5.41, 5.74) is 1.06. The fourth-order valence-electron chi connectivity index (χ4n) is 1.05. The average molecular weight is 203 g/mol. The van der Waals surface area contributed by atoms with Crippen molar-refractivity contribution in [3.63, 3.8) is 0 Å². The number of aryl methyl sites for hydroxylation is 1. The van der Waals surface area contributed by atoms with Crippen LogP contribution < -0.4 is 0 Å². The highest BCUT2D eigenvalue weighted by Crippen LogP contribution is 2.01. The molecule has 1 aromatic heterocycles. The maximum absolute atomic E-state index is 10.6. The van der Waals surface area contributed by atoms with E-state index < -0.39 is 10.1 Å². The summed E-state index contributed by atoms with van der Waals surface area (Å²) in [7, 11) is -1.39. The van der Waals surface area contributed by atoms with Crippen LogP contribution in [0.1, 0.15) is 5.69 Å². The maximum atomic E-state index is 10.6. The summed E-state index contributed by atoms with van der Waals surface area (Å²) in [5, 5.41) is 0. The highest BCUT2D eigenvalue weighted by atomic mass is 32.2. The first-order chi connectivity index (χ1) is 5.99. The summed E-state index contributed by atoms with van der Waals surface area (Å²) in [6, 6.07) is 3.85. The molecule has 0 saturated carbocycles. The third kappa shape index (κ3) is 3.61. The van der Waals surface area contributed by atoms with Crippen molar-refractivity contribution in [2.75, 3.05) is 12.9 Å². The van der Waals surface area contributed by atoms with Gasteiger partial charge in [-0.15, -0.1) is 0 Å². The van der Waals surface area contributed by atoms with Crippen molar-refractivity contribution in [1.82, 2.24) is 4.57 Å². The highest BCUT2D eigenvalue weighted by Gasteiger charge is 2.02. The molecule has 74 valence electrons. The highest BCUT2D eigenvalue weighted by molar-refractivity contribution is 7.85. The second-order valence-electron chi connectivity index (χ2n) is 2.89. The topological polar surface area (TPSA) is 48.3 Å². The van der Waals surface area contributed by atoms with Crippen LogP contribution in [0, 0.1) is 0 Å². The molecule has 0 atom stereocenters. The standard InChI is InChI=1S/C8H13NO3S/c1-9-6-3-4-8(9)5-7-12-13(2,10)11/h3-4,6H,5,7H2,1-2H3. The van der Waals surface area contributed by atoms with Gasteiger partial charge < -0.3 is 4.57 Å². The summed E-state index contributed by atoms with van der Waals surface area (Å²) in [6.45, 7) is 0.205. The molecule has 0 aliphatic heterocycles. The molecule has 0 aromatic carbocycles.